The molecular weight excluding hydrogens is 190 g/mol. The third kappa shape index (κ3) is 1.13. The van der Waals surface area contributed by atoms with Crippen LogP contribution in [0.15, 0.2) is 12.4 Å². The fraction of sp³-hybridized carbons (Fsp3) is 0. The van der Waals surface area contributed by atoms with Crippen molar-refractivity contribution in [3.05, 3.63) is 22.5 Å². The van der Waals surface area contributed by atoms with E-state index in [1.165, 1.54) is 12.4 Å². The molecule has 0 atom stereocenters. The topological polar surface area (TPSA) is 117 Å². The zero-order valence-corrected chi connectivity index (χ0v) is 6.76. The molecule has 2 aromatic rings. The molecule has 0 amide bonds. The molecular formula is C6H5N5O3. The summed E-state index contributed by atoms with van der Waals surface area (Å²) in [6.45, 7) is 0. The van der Waals surface area contributed by atoms with E-state index in [0.29, 0.717) is 11.0 Å². The van der Waals surface area contributed by atoms with Gasteiger partial charge in [-0.2, -0.15) is 4.98 Å². The van der Waals surface area contributed by atoms with Gasteiger partial charge in [-0.25, -0.2) is 10.5 Å². The molecule has 0 aromatic carbocycles. The molecule has 0 bridgehead atoms. The molecule has 0 radical (unpaired) electrons. The predicted octanol–water partition coefficient (Wildman–Crippen LogP) is 0.667. The van der Waals surface area contributed by atoms with Crippen LogP contribution in [0.2, 0.25) is 0 Å². The second kappa shape index (κ2) is 2.92. The lowest BCUT2D eigenvalue weighted by Crippen LogP contribution is -1.96. The lowest BCUT2D eigenvalue weighted by molar-refractivity contribution is -0.383. The van der Waals surface area contributed by atoms with Gasteiger partial charge in [-0.3, -0.25) is 15.3 Å². The van der Waals surface area contributed by atoms with Gasteiger partial charge in [0.25, 0.3) is 5.69 Å². The maximum atomic E-state index is 10.5. The summed E-state index contributed by atoms with van der Waals surface area (Å²) in [5.41, 5.74) is 1.95. The van der Waals surface area contributed by atoms with E-state index in [9.17, 15) is 10.1 Å². The minimum absolute atomic E-state index is 0.0192. The number of nitrogens with zero attached hydrogens (tertiary/aromatic N) is 3. The summed E-state index contributed by atoms with van der Waals surface area (Å²) in [5, 5.41) is 19.3. The van der Waals surface area contributed by atoms with Crippen molar-refractivity contribution in [2.75, 3.05) is 5.48 Å². The number of hydrogen-bond acceptors (Lipinski definition) is 6. The smallest absolute Gasteiger partial charge is 0.297 e. The Bertz CT molecular complexity index is 493. The Kier molecular flexibility index (Phi) is 1.75. The van der Waals surface area contributed by atoms with E-state index < -0.39 is 4.92 Å². The fourth-order valence-corrected chi connectivity index (χ4v) is 1.10. The van der Waals surface area contributed by atoms with Gasteiger partial charge >= 0.3 is 0 Å². The molecule has 0 saturated carbocycles. The molecule has 14 heavy (non-hydrogen) atoms. The Morgan fingerprint density at radius 2 is 2.43 bits per heavy atom. The first kappa shape index (κ1) is 8.38. The van der Waals surface area contributed by atoms with Gasteiger partial charge in [0.2, 0.25) is 5.95 Å². The van der Waals surface area contributed by atoms with E-state index in [2.05, 4.69) is 15.0 Å². The van der Waals surface area contributed by atoms with Crippen molar-refractivity contribution < 1.29 is 10.1 Å². The molecule has 0 spiro atoms. The maximum Gasteiger partial charge on any atom is 0.297 e. The van der Waals surface area contributed by atoms with Gasteiger partial charge in [0.1, 0.15) is 11.0 Å². The highest BCUT2D eigenvalue weighted by molar-refractivity contribution is 5.85. The van der Waals surface area contributed by atoms with Crippen LogP contribution >= 0.6 is 0 Å². The van der Waals surface area contributed by atoms with Crippen LogP contribution in [0.1, 0.15) is 0 Å². The van der Waals surface area contributed by atoms with Crippen molar-refractivity contribution in [3.63, 3.8) is 0 Å². The highest BCUT2D eigenvalue weighted by Crippen LogP contribution is 2.23. The molecule has 2 heterocycles. The van der Waals surface area contributed by atoms with Crippen LogP contribution in [-0.4, -0.2) is 25.1 Å². The van der Waals surface area contributed by atoms with Crippen LogP contribution in [0.5, 0.6) is 0 Å². The number of nitrogens with one attached hydrogen (secondary N) is 2. The number of anilines is 1. The van der Waals surface area contributed by atoms with Crippen LogP contribution in [0.25, 0.3) is 11.0 Å². The van der Waals surface area contributed by atoms with Gasteiger partial charge in [0.05, 0.1) is 11.1 Å². The van der Waals surface area contributed by atoms with Crippen molar-refractivity contribution in [1.29, 1.82) is 0 Å². The largest absolute Gasteiger partial charge is 0.340 e. The summed E-state index contributed by atoms with van der Waals surface area (Å²) in [4.78, 5) is 20.0. The average molecular weight is 195 g/mol. The van der Waals surface area contributed by atoms with E-state index in [1.807, 2.05) is 0 Å². The van der Waals surface area contributed by atoms with Crippen LogP contribution in [0, 0.1) is 10.1 Å². The van der Waals surface area contributed by atoms with Crippen LogP contribution < -0.4 is 5.48 Å². The monoisotopic (exact) mass is 195 g/mol. The Labute approximate surface area is 76.7 Å². The minimum Gasteiger partial charge on any atom is -0.340 e. The van der Waals surface area contributed by atoms with Crippen molar-refractivity contribution in [2.24, 2.45) is 0 Å². The molecule has 0 fully saturated rings. The van der Waals surface area contributed by atoms with E-state index in [-0.39, 0.29) is 11.6 Å². The molecule has 72 valence electrons. The van der Waals surface area contributed by atoms with Gasteiger partial charge in [-0.15, -0.1) is 0 Å². The molecule has 2 rings (SSSR count). The number of fused-ring (bicyclic) bond motifs is 1. The number of H-pyrrole nitrogens is 1. The molecule has 0 aliphatic carbocycles. The number of aromatic nitrogens is 3. The quantitative estimate of drug-likeness (QED) is 0.478. The van der Waals surface area contributed by atoms with Crippen molar-refractivity contribution in [2.45, 2.75) is 0 Å². The Morgan fingerprint density at radius 1 is 1.64 bits per heavy atom. The maximum absolute atomic E-state index is 10.5. The zero-order valence-electron chi connectivity index (χ0n) is 6.76. The first-order valence-corrected chi connectivity index (χ1v) is 3.61. The Morgan fingerprint density at radius 3 is 3.07 bits per heavy atom. The van der Waals surface area contributed by atoms with Gasteiger partial charge in [0, 0.05) is 6.20 Å². The van der Waals surface area contributed by atoms with E-state index in [1.54, 1.807) is 5.48 Å². The lowest BCUT2D eigenvalue weighted by Gasteiger charge is -1.94. The van der Waals surface area contributed by atoms with E-state index >= 15 is 0 Å². The minimum atomic E-state index is -0.533. The van der Waals surface area contributed by atoms with Crippen LogP contribution in [0.4, 0.5) is 11.6 Å². The Balaban J connectivity index is 2.65. The van der Waals surface area contributed by atoms with Gasteiger partial charge < -0.3 is 4.98 Å². The van der Waals surface area contributed by atoms with Crippen LogP contribution in [0.3, 0.4) is 0 Å². The third-order valence-corrected chi connectivity index (χ3v) is 1.71. The lowest BCUT2D eigenvalue weighted by atomic mass is 10.4. The van der Waals surface area contributed by atoms with Gasteiger partial charge in [0.15, 0.2) is 0 Å². The molecule has 8 heteroatoms. The zero-order chi connectivity index (χ0) is 10.1. The number of nitro groups is 1. The SMILES string of the molecule is O=[N+]([O-])c1c[nH]c2nc(NO)ncc12. The van der Waals surface area contributed by atoms with Crippen molar-refractivity contribution in [3.8, 4) is 0 Å². The van der Waals surface area contributed by atoms with Gasteiger partial charge in [-0.05, 0) is 0 Å². The summed E-state index contributed by atoms with van der Waals surface area (Å²) in [6.07, 6.45) is 2.48. The second-order valence-electron chi connectivity index (χ2n) is 2.50. The van der Waals surface area contributed by atoms with Gasteiger partial charge in [-0.1, -0.05) is 0 Å². The molecule has 0 aliphatic rings. The molecule has 3 N–H and O–H groups in total. The first-order valence-electron chi connectivity index (χ1n) is 3.61. The summed E-state index contributed by atoms with van der Waals surface area (Å²) >= 11 is 0. The Hall–Kier alpha value is -2.22. The fourth-order valence-electron chi connectivity index (χ4n) is 1.10. The molecule has 2 aromatic heterocycles. The van der Waals surface area contributed by atoms with Crippen molar-refractivity contribution in [1.82, 2.24) is 15.0 Å². The first-order chi connectivity index (χ1) is 6.72. The second-order valence-corrected chi connectivity index (χ2v) is 2.50. The third-order valence-electron chi connectivity index (χ3n) is 1.71. The number of rotatable bonds is 2. The highest BCUT2D eigenvalue weighted by Gasteiger charge is 2.15. The summed E-state index contributed by atoms with van der Waals surface area (Å²) in [7, 11) is 0. The van der Waals surface area contributed by atoms with E-state index in [0.717, 1.165) is 0 Å². The highest BCUT2D eigenvalue weighted by atomic mass is 16.6. The van der Waals surface area contributed by atoms with E-state index in [4.69, 9.17) is 5.21 Å². The molecule has 0 unspecified atom stereocenters. The molecule has 8 nitrogen and oxygen atoms in total. The molecule has 0 aliphatic heterocycles. The molecule has 0 saturated heterocycles. The standard InChI is InChI=1S/C6H5N5O3/c12-10-6-8-1-3-4(11(13)14)2-7-5(3)9-6/h1-2,12H,(H2,7,8,9,10). The van der Waals surface area contributed by atoms with Crippen molar-refractivity contribution >= 4 is 22.7 Å². The summed E-state index contributed by atoms with van der Waals surface area (Å²) in [5.74, 6) is -0.0192. The normalized spacial score (nSPS) is 10.4. The summed E-state index contributed by atoms with van der Waals surface area (Å²) in [6, 6.07) is 0. The summed E-state index contributed by atoms with van der Waals surface area (Å²) < 4.78 is 0. The average Bonchev–Trinajstić information content (AvgIpc) is 2.59. The predicted molar refractivity (Wildman–Crippen MR) is 46.0 cm³/mol. The number of hydrogen-bond donors (Lipinski definition) is 3. The number of aromatic amines is 1. The van der Waals surface area contributed by atoms with Crippen LogP contribution in [-0.2, 0) is 0 Å².